The maximum Gasteiger partial charge on any atom is 0.222 e. The summed E-state index contributed by atoms with van der Waals surface area (Å²) in [7, 11) is 0. The number of aliphatic hydroxyl groups is 1. The van der Waals surface area contributed by atoms with E-state index < -0.39 is 0 Å². The number of rotatable bonds is 5. The highest BCUT2D eigenvalue weighted by Gasteiger charge is 2.04. The molecule has 2 rings (SSSR count). The molecule has 1 aromatic heterocycles. The van der Waals surface area contributed by atoms with Gasteiger partial charge in [0, 0.05) is 24.7 Å². The molecular formula is C15H16N4O2. The normalized spacial score (nSPS) is 9.76. The van der Waals surface area contributed by atoms with Gasteiger partial charge >= 0.3 is 0 Å². The van der Waals surface area contributed by atoms with Crippen molar-refractivity contribution in [3.8, 4) is 11.8 Å². The average molecular weight is 284 g/mol. The molecule has 0 bridgehead atoms. The van der Waals surface area contributed by atoms with Gasteiger partial charge in [-0.3, -0.25) is 9.48 Å². The number of nitrogens with zero attached hydrogens (tertiary/aromatic N) is 3. The molecule has 0 atom stereocenters. The molecule has 0 saturated carbocycles. The fourth-order valence-corrected chi connectivity index (χ4v) is 1.78. The summed E-state index contributed by atoms with van der Waals surface area (Å²) in [6, 6.07) is 7.52. The van der Waals surface area contributed by atoms with Crippen molar-refractivity contribution in [3.63, 3.8) is 0 Å². The van der Waals surface area contributed by atoms with Crippen molar-refractivity contribution in [1.82, 2.24) is 20.3 Å². The van der Waals surface area contributed by atoms with E-state index in [1.807, 2.05) is 24.3 Å². The maximum atomic E-state index is 11.8. The second-order valence-electron chi connectivity index (χ2n) is 4.31. The van der Waals surface area contributed by atoms with Crippen molar-refractivity contribution in [1.29, 1.82) is 0 Å². The van der Waals surface area contributed by atoms with E-state index in [0.29, 0.717) is 19.5 Å². The first kappa shape index (κ1) is 14.8. The van der Waals surface area contributed by atoms with Crippen LogP contribution < -0.4 is 5.32 Å². The van der Waals surface area contributed by atoms with Crippen LogP contribution in [0.25, 0.3) is 0 Å². The number of hydrogen-bond donors (Lipinski definition) is 2. The Morgan fingerprint density at radius 1 is 1.38 bits per heavy atom. The molecule has 1 heterocycles. The Balaban J connectivity index is 1.86. The van der Waals surface area contributed by atoms with Crippen molar-refractivity contribution >= 4 is 5.91 Å². The van der Waals surface area contributed by atoms with E-state index >= 15 is 0 Å². The quantitative estimate of drug-likeness (QED) is 0.775. The Morgan fingerprint density at radius 2 is 2.24 bits per heavy atom. The summed E-state index contributed by atoms with van der Waals surface area (Å²) in [5, 5.41) is 19.1. The maximum absolute atomic E-state index is 11.8. The van der Waals surface area contributed by atoms with Gasteiger partial charge in [-0.05, 0) is 11.6 Å². The van der Waals surface area contributed by atoms with Gasteiger partial charge in [0.25, 0.3) is 0 Å². The Kier molecular flexibility index (Phi) is 5.50. The zero-order valence-corrected chi connectivity index (χ0v) is 11.5. The van der Waals surface area contributed by atoms with Crippen LogP contribution in [0.2, 0.25) is 0 Å². The van der Waals surface area contributed by atoms with Crippen molar-refractivity contribution in [2.75, 3.05) is 6.61 Å². The van der Waals surface area contributed by atoms with E-state index in [1.54, 1.807) is 17.1 Å². The van der Waals surface area contributed by atoms with Crippen LogP contribution in [0.1, 0.15) is 17.5 Å². The third-order valence-corrected chi connectivity index (χ3v) is 2.84. The van der Waals surface area contributed by atoms with Crippen LogP contribution >= 0.6 is 0 Å². The van der Waals surface area contributed by atoms with Gasteiger partial charge in [0.05, 0.1) is 12.7 Å². The number of benzene rings is 1. The van der Waals surface area contributed by atoms with Gasteiger partial charge in [0.15, 0.2) is 0 Å². The van der Waals surface area contributed by atoms with Crippen molar-refractivity contribution in [2.45, 2.75) is 19.5 Å². The van der Waals surface area contributed by atoms with Crippen LogP contribution in [-0.2, 0) is 17.9 Å². The number of nitrogens with one attached hydrogen (secondary N) is 1. The van der Waals surface area contributed by atoms with E-state index in [1.165, 1.54) is 0 Å². The van der Waals surface area contributed by atoms with Gasteiger partial charge in [-0.15, -0.1) is 5.10 Å². The van der Waals surface area contributed by atoms with Gasteiger partial charge in [-0.2, -0.15) is 0 Å². The first-order valence-electron chi connectivity index (χ1n) is 6.58. The molecule has 0 aliphatic heterocycles. The van der Waals surface area contributed by atoms with Crippen LogP contribution in [0.5, 0.6) is 0 Å². The highest BCUT2D eigenvalue weighted by Crippen LogP contribution is 2.07. The molecule has 0 aliphatic carbocycles. The Labute approximate surface area is 122 Å². The summed E-state index contributed by atoms with van der Waals surface area (Å²) in [5.41, 5.74) is 1.73. The highest BCUT2D eigenvalue weighted by molar-refractivity contribution is 5.75. The summed E-state index contributed by atoms with van der Waals surface area (Å²) in [5.74, 6) is 5.42. The van der Waals surface area contributed by atoms with E-state index in [4.69, 9.17) is 5.11 Å². The Bertz CT molecular complexity index is 641. The predicted molar refractivity (Wildman–Crippen MR) is 76.9 cm³/mol. The Morgan fingerprint density at radius 3 is 3.00 bits per heavy atom. The first-order valence-corrected chi connectivity index (χ1v) is 6.58. The van der Waals surface area contributed by atoms with Gasteiger partial charge in [-0.25, -0.2) is 0 Å². The van der Waals surface area contributed by atoms with Crippen LogP contribution in [-0.4, -0.2) is 32.6 Å². The van der Waals surface area contributed by atoms with E-state index in [0.717, 1.165) is 11.1 Å². The SMILES string of the molecule is O=C(CCn1ccnn1)NCc1ccccc1C#CCO. The van der Waals surface area contributed by atoms with Gasteiger partial charge in [0.2, 0.25) is 5.91 Å². The smallest absolute Gasteiger partial charge is 0.222 e. The van der Waals surface area contributed by atoms with E-state index in [9.17, 15) is 4.79 Å². The summed E-state index contributed by atoms with van der Waals surface area (Å²) in [6.45, 7) is 0.725. The fraction of sp³-hybridized carbons (Fsp3) is 0.267. The number of amides is 1. The van der Waals surface area contributed by atoms with E-state index in [2.05, 4.69) is 27.5 Å². The molecule has 2 aromatic rings. The number of aryl methyl sites for hydroxylation is 1. The fourth-order valence-electron chi connectivity index (χ4n) is 1.78. The molecule has 0 saturated heterocycles. The lowest BCUT2D eigenvalue weighted by Crippen LogP contribution is -2.24. The third-order valence-electron chi connectivity index (χ3n) is 2.84. The summed E-state index contributed by atoms with van der Waals surface area (Å²) >= 11 is 0. The molecule has 6 nitrogen and oxygen atoms in total. The third kappa shape index (κ3) is 4.75. The topological polar surface area (TPSA) is 80.0 Å². The minimum absolute atomic E-state index is 0.0598. The summed E-state index contributed by atoms with van der Waals surface area (Å²) in [6.07, 6.45) is 3.63. The molecule has 108 valence electrons. The lowest BCUT2D eigenvalue weighted by atomic mass is 10.1. The highest BCUT2D eigenvalue weighted by atomic mass is 16.2. The molecule has 0 fully saturated rings. The standard InChI is InChI=1S/C15H16N4O2/c20-11-3-6-13-4-1-2-5-14(13)12-16-15(21)7-9-19-10-8-17-18-19/h1-2,4-5,8,10,20H,7,9,11-12H2,(H,16,21). The monoisotopic (exact) mass is 284 g/mol. The number of carbonyl (C=O) groups is 1. The molecular weight excluding hydrogens is 268 g/mol. The predicted octanol–water partition coefficient (Wildman–Crippen LogP) is 0.328. The van der Waals surface area contributed by atoms with Crippen molar-refractivity contribution in [2.24, 2.45) is 0 Å². The lowest BCUT2D eigenvalue weighted by Gasteiger charge is -2.07. The Hall–Kier alpha value is -2.65. The molecule has 2 N–H and O–H groups in total. The number of aromatic nitrogens is 3. The zero-order valence-electron chi connectivity index (χ0n) is 11.5. The molecule has 1 amide bonds. The molecule has 0 spiro atoms. The number of carbonyl (C=O) groups excluding carboxylic acids is 1. The van der Waals surface area contributed by atoms with Crippen molar-refractivity contribution < 1.29 is 9.90 Å². The summed E-state index contributed by atoms with van der Waals surface area (Å²) < 4.78 is 1.61. The minimum Gasteiger partial charge on any atom is -0.384 e. The van der Waals surface area contributed by atoms with E-state index in [-0.39, 0.29) is 12.5 Å². The second-order valence-corrected chi connectivity index (χ2v) is 4.31. The largest absolute Gasteiger partial charge is 0.384 e. The molecule has 0 aliphatic rings. The van der Waals surface area contributed by atoms with Crippen LogP contribution in [0.3, 0.4) is 0 Å². The van der Waals surface area contributed by atoms with Crippen LogP contribution in [0.15, 0.2) is 36.7 Å². The second kappa shape index (κ2) is 7.82. The van der Waals surface area contributed by atoms with Gasteiger partial charge in [-0.1, -0.05) is 35.3 Å². The number of aliphatic hydroxyl groups excluding tert-OH is 1. The van der Waals surface area contributed by atoms with Gasteiger partial charge in [0.1, 0.15) is 6.61 Å². The zero-order chi connectivity index (χ0) is 14.9. The molecule has 0 radical (unpaired) electrons. The first-order chi connectivity index (χ1) is 10.3. The molecule has 1 aromatic carbocycles. The van der Waals surface area contributed by atoms with Crippen LogP contribution in [0.4, 0.5) is 0 Å². The molecule has 6 heteroatoms. The van der Waals surface area contributed by atoms with Gasteiger partial charge < -0.3 is 10.4 Å². The number of hydrogen-bond acceptors (Lipinski definition) is 4. The van der Waals surface area contributed by atoms with Crippen LogP contribution in [0, 0.1) is 11.8 Å². The lowest BCUT2D eigenvalue weighted by molar-refractivity contribution is -0.121. The summed E-state index contributed by atoms with van der Waals surface area (Å²) in [4.78, 5) is 11.8. The van der Waals surface area contributed by atoms with Crippen molar-refractivity contribution in [3.05, 3.63) is 47.8 Å². The molecule has 0 unspecified atom stereocenters. The minimum atomic E-state index is -0.182. The average Bonchev–Trinajstić information content (AvgIpc) is 3.03. The molecule has 21 heavy (non-hydrogen) atoms.